The normalized spacial score (nSPS) is 11.8. The number of hydrogen-bond acceptors (Lipinski definition) is 3. The first kappa shape index (κ1) is 15.2. The van der Waals surface area contributed by atoms with Crippen molar-refractivity contribution in [3.8, 4) is 0 Å². The molecule has 0 aromatic heterocycles. The molecule has 1 rings (SSSR count). The Kier molecular flexibility index (Phi) is 5.51. The molecule has 2 amide bonds. The molecule has 1 atom stereocenters. The summed E-state index contributed by atoms with van der Waals surface area (Å²) >= 11 is 0. The standard InChI is InChI=1S/C14H21N3O2/c1-16(2)14(19)10-17(3)13(18)9-12(15)11-7-5-4-6-8-11/h4-8,12H,9-10,15H2,1-3H3. The summed E-state index contributed by atoms with van der Waals surface area (Å²) in [5.41, 5.74) is 6.90. The highest BCUT2D eigenvalue weighted by Crippen LogP contribution is 2.14. The molecule has 0 aliphatic rings. The quantitative estimate of drug-likeness (QED) is 0.847. The van der Waals surface area contributed by atoms with Gasteiger partial charge in [-0.15, -0.1) is 0 Å². The van der Waals surface area contributed by atoms with Crippen molar-refractivity contribution < 1.29 is 9.59 Å². The highest BCUT2D eigenvalue weighted by Gasteiger charge is 2.17. The van der Waals surface area contributed by atoms with Crippen LogP contribution in [0.25, 0.3) is 0 Å². The third-order valence-corrected chi connectivity index (χ3v) is 2.92. The molecule has 0 radical (unpaired) electrons. The van der Waals surface area contributed by atoms with Gasteiger partial charge in [-0.1, -0.05) is 30.3 Å². The second kappa shape index (κ2) is 6.89. The summed E-state index contributed by atoms with van der Waals surface area (Å²) in [7, 11) is 4.94. The Bertz CT molecular complexity index is 432. The summed E-state index contributed by atoms with van der Waals surface area (Å²) in [6.45, 7) is 0.0767. The second-order valence-corrected chi connectivity index (χ2v) is 4.76. The average Bonchev–Trinajstić information content (AvgIpc) is 2.39. The maximum Gasteiger partial charge on any atom is 0.241 e. The monoisotopic (exact) mass is 263 g/mol. The van der Waals surface area contributed by atoms with Gasteiger partial charge in [0.15, 0.2) is 0 Å². The SMILES string of the molecule is CN(C)C(=O)CN(C)C(=O)CC(N)c1ccccc1. The largest absolute Gasteiger partial charge is 0.347 e. The van der Waals surface area contributed by atoms with Crippen molar-refractivity contribution in [2.45, 2.75) is 12.5 Å². The number of carbonyl (C=O) groups is 2. The molecule has 0 fully saturated rings. The average molecular weight is 263 g/mol. The summed E-state index contributed by atoms with van der Waals surface area (Å²) in [5.74, 6) is -0.240. The number of nitrogens with zero attached hydrogens (tertiary/aromatic N) is 2. The van der Waals surface area contributed by atoms with Gasteiger partial charge in [0.05, 0.1) is 6.54 Å². The van der Waals surface area contributed by atoms with Crippen molar-refractivity contribution in [3.05, 3.63) is 35.9 Å². The fraction of sp³-hybridized carbons (Fsp3) is 0.429. The zero-order valence-electron chi connectivity index (χ0n) is 11.7. The van der Waals surface area contributed by atoms with Crippen LogP contribution in [0.4, 0.5) is 0 Å². The number of hydrogen-bond donors (Lipinski definition) is 1. The third kappa shape index (κ3) is 4.71. The number of amides is 2. The Hall–Kier alpha value is -1.88. The van der Waals surface area contributed by atoms with Crippen molar-refractivity contribution in [1.82, 2.24) is 9.80 Å². The van der Waals surface area contributed by atoms with Gasteiger partial charge >= 0.3 is 0 Å². The van der Waals surface area contributed by atoms with Crippen LogP contribution in [-0.4, -0.2) is 49.3 Å². The molecule has 19 heavy (non-hydrogen) atoms. The van der Waals surface area contributed by atoms with Crippen LogP contribution in [0.3, 0.4) is 0 Å². The maximum atomic E-state index is 12.0. The Balaban J connectivity index is 2.53. The van der Waals surface area contributed by atoms with E-state index in [1.165, 1.54) is 9.80 Å². The molecule has 0 saturated carbocycles. The van der Waals surface area contributed by atoms with E-state index in [0.29, 0.717) is 0 Å². The van der Waals surface area contributed by atoms with Gasteiger partial charge in [-0.3, -0.25) is 9.59 Å². The van der Waals surface area contributed by atoms with Gasteiger partial charge in [-0.05, 0) is 5.56 Å². The first-order valence-electron chi connectivity index (χ1n) is 6.16. The molecule has 0 heterocycles. The predicted molar refractivity (Wildman–Crippen MR) is 74.3 cm³/mol. The molecule has 1 unspecified atom stereocenters. The van der Waals surface area contributed by atoms with E-state index in [2.05, 4.69) is 0 Å². The van der Waals surface area contributed by atoms with Crippen LogP contribution in [0.15, 0.2) is 30.3 Å². The lowest BCUT2D eigenvalue weighted by Gasteiger charge is -2.21. The summed E-state index contributed by atoms with van der Waals surface area (Å²) in [6.07, 6.45) is 0.196. The van der Waals surface area contributed by atoms with Crippen LogP contribution in [0, 0.1) is 0 Å². The van der Waals surface area contributed by atoms with Gasteiger partial charge in [0, 0.05) is 33.6 Å². The Labute approximate surface area is 114 Å². The Morgan fingerprint density at radius 1 is 1.11 bits per heavy atom. The van der Waals surface area contributed by atoms with Gasteiger partial charge < -0.3 is 15.5 Å². The van der Waals surface area contributed by atoms with E-state index in [9.17, 15) is 9.59 Å². The van der Waals surface area contributed by atoms with Gasteiger partial charge in [0.2, 0.25) is 11.8 Å². The molecular formula is C14H21N3O2. The molecule has 1 aromatic carbocycles. The van der Waals surface area contributed by atoms with Crippen LogP contribution < -0.4 is 5.73 Å². The predicted octanol–water partition coefficient (Wildman–Crippen LogP) is 0.623. The first-order valence-corrected chi connectivity index (χ1v) is 6.16. The minimum Gasteiger partial charge on any atom is -0.347 e. The number of rotatable bonds is 5. The molecule has 0 spiro atoms. The summed E-state index contributed by atoms with van der Waals surface area (Å²) in [6, 6.07) is 9.12. The van der Waals surface area contributed by atoms with E-state index in [4.69, 9.17) is 5.73 Å². The molecule has 0 saturated heterocycles. The van der Waals surface area contributed by atoms with Crippen molar-refractivity contribution in [1.29, 1.82) is 0 Å². The molecule has 0 bridgehead atoms. The highest BCUT2D eigenvalue weighted by molar-refractivity contribution is 5.84. The topological polar surface area (TPSA) is 66.6 Å². The first-order chi connectivity index (χ1) is 8.91. The van der Waals surface area contributed by atoms with Gasteiger partial charge in [0.1, 0.15) is 0 Å². The Morgan fingerprint density at radius 2 is 1.68 bits per heavy atom. The molecule has 5 nitrogen and oxygen atoms in total. The van der Waals surface area contributed by atoms with E-state index < -0.39 is 0 Å². The smallest absolute Gasteiger partial charge is 0.241 e. The molecule has 2 N–H and O–H groups in total. The van der Waals surface area contributed by atoms with Gasteiger partial charge in [0.25, 0.3) is 0 Å². The summed E-state index contributed by atoms with van der Waals surface area (Å²) in [4.78, 5) is 26.3. The van der Waals surface area contributed by atoms with Crippen LogP contribution in [-0.2, 0) is 9.59 Å². The van der Waals surface area contributed by atoms with Gasteiger partial charge in [-0.2, -0.15) is 0 Å². The van der Waals surface area contributed by atoms with E-state index in [0.717, 1.165) is 5.56 Å². The summed E-state index contributed by atoms with van der Waals surface area (Å²) < 4.78 is 0. The van der Waals surface area contributed by atoms with Crippen LogP contribution >= 0.6 is 0 Å². The second-order valence-electron chi connectivity index (χ2n) is 4.76. The zero-order valence-corrected chi connectivity index (χ0v) is 11.7. The minimum absolute atomic E-state index is 0.0767. The fourth-order valence-corrected chi connectivity index (χ4v) is 1.59. The van der Waals surface area contributed by atoms with Crippen molar-refractivity contribution in [3.63, 3.8) is 0 Å². The van der Waals surface area contributed by atoms with Crippen LogP contribution in [0.2, 0.25) is 0 Å². The lowest BCUT2D eigenvalue weighted by atomic mass is 10.0. The van der Waals surface area contributed by atoms with E-state index in [1.54, 1.807) is 21.1 Å². The van der Waals surface area contributed by atoms with Gasteiger partial charge in [-0.25, -0.2) is 0 Å². The van der Waals surface area contributed by atoms with E-state index in [1.807, 2.05) is 30.3 Å². The third-order valence-electron chi connectivity index (χ3n) is 2.92. The maximum absolute atomic E-state index is 12.0. The number of benzene rings is 1. The fourth-order valence-electron chi connectivity index (χ4n) is 1.59. The molecule has 104 valence electrons. The molecular weight excluding hydrogens is 242 g/mol. The minimum atomic E-state index is -0.342. The lowest BCUT2D eigenvalue weighted by molar-refractivity contribution is -0.138. The molecule has 5 heteroatoms. The van der Waals surface area contributed by atoms with Crippen molar-refractivity contribution in [2.24, 2.45) is 5.73 Å². The van der Waals surface area contributed by atoms with E-state index >= 15 is 0 Å². The lowest BCUT2D eigenvalue weighted by Crippen LogP contribution is -2.38. The number of nitrogens with two attached hydrogens (primary N) is 1. The van der Waals surface area contributed by atoms with Crippen molar-refractivity contribution >= 4 is 11.8 Å². The van der Waals surface area contributed by atoms with Crippen molar-refractivity contribution in [2.75, 3.05) is 27.7 Å². The number of likely N-dealkylation sites (N-methyl/N-ethyl adjacent to an activating group) is 2. The van der Waals surface area contributed by atoms with Crippen LogP contribution in [0.1, 0.15) is 18.0 Å². The molecule has 0 aliphatic heterocycles. The van der Waals surface area contributed by atoms with E-state index in [-0.39, 0.29) is 30.8 Å². The molecule has 0 aliphatic carbocycles. The highest BCUT2D eigenvalue weighted by atomic mass is 16.2. The number of carbonyl (C=O) groups excluding carboxylic acids is 2. The van der Waals surface area contributed by atoms with Crippen LogP contribution in [0.5, 0.6) is 0 Å². The zero-order chi connectivity index (χ0) is 14.4. The molecule has 1 aromatic rings. The summed E-state index contributed by atoms with van der Waals surface area (Å²) in [5, 5.41) is 0. The Morgan fingerprint density at radius 3 is 2.21 bits per heavy atom.